The smallest absolute Gasteiger partial charge is 0.233 e. The zero-order chi connectivity index (χ0) is 16.4. The summed E-state index contributed by atoms with van der Waals surface area (Å²) in [6.45, 7) is 4.02. The maximum absolute atomic E-state index is 12.1. The molecule has 0 atom stereocenters. The van der Waals surface area contributed by atoms with Crippen molar-refractivity contribution in [1.29, 1.82) is 0 Å². The summed E-state index contributed by atoms with van der Waals surface area (Å²) in [5.74, 6) is -0.0349. The van der Waals surface area contributed by atoms with E-state index in [0.29, 0.717) is 11.0 Å². The molecule has 1 N–H and O–H groups in total. The average molecular weight is 330 g/mol. The van der Waals surface area contributed by atoms with Gasteiger partial charge in [0.15, 0.2) is 5.65 Å². The first-order valence-corrected chi connectivity index (χ1v) is 7.67. The Kier molecular flexibility index (Phi) is 4.25. The first kappa shape index (κ1) is 15.4. The highest BCUT2D eigenvalue weighted by Gasteiger charge is 2.13. The summed E-state index contributed by atoms with van der Waals surface area (Å²) in [5, 5.41) is 7.96. The molecule has 6 nitrogen and oxygen atoms in total. The van der Waals surface area contributed by atoms with Crippen LogP contribution in [0.3, 0.4) is 0 Å². The summed E-state index contributed by atoms with van der Waals surface area (Å²) >= 11 is 6.17. The molecule has 0 radical (unpaired) electrons. The molecule has 0 saturated carbocycles. The minimum absolute atomic E-state index is 0.164. The molecule has 1 amide bonds. The van der Waals surface area contributed by atoms with Gasteiger partial charge in [-0.2, -0.15) is 15.1 Å². The zero-order valence-electron chi connectivity index (χ0n) is 12.8. The van der Waals surface area contributed by atoms with Crippen LogP contribution in [0.15, 0.2) is 36.5 Å². The van der Waals surface area contributed by atoms with Crippen LogP contribution in [-0.4, -0.2) is 25.7 Å². The van der Waals surface area contributed by atoms with Gasteiger partial charge in [-0.3, -0.25) is 14.8 Å². The van der Waals surface area contributed by atoms with Crippen molar-refractivity contribution in [3.05, 3.63) is 47.2 Å². The first-order chi connectivity index (χ1) is 11.0. The fourth-order valence-electron chi connectivity index (χ4n) is 2.16. The van der Waals surface area contributed by atoms with Gasteiger partial charge >= 0.3 is 0 Å². The van der Waals surface area contributed by atoms with Crippen molar-refractivity contribution in [3.63, 3.8) is 0 Å². The first-order valence-electron chi connectivity index (χ1n) is 7.29. The Labute approximate surface area is 138 Å². The van der Waals surface area contributed by atoms with Gasteiger partial charge < -0.3 is 0 Å². The Balaban J connectivity index is 1.81. The lowest BCUT2D eigenvalue weighted by Crippen LogP contribution is -2.16. The third-order valence-electron chi connectivity index (χ3n) is 3.34. The molecule has 2 aromatic heterocycles. The average Bonchev–Trinajstić information content (AvgIpc) is 2.93. The molecule has 0 bridgehead atoms. The maximum atomic E-state index is 12.1. The molecule has 7 heteroatoms. The number of hydrogen-bond acceptors (Lipinski definition) is 4. The van der Waals surface area contributed by atoms with E-state index < -0.39 is 0 Å². The Morgan fingerprint density at radius 2 is 2.00 bits per heavy atom. The van der Waals surface area contributed by atoms with Crippen molar-refractivity contribution >= 4 is 34.5 Å². The second kappa shape index (κ2) is 6.34. The molecule has 0 aliphatic heterocycles. The number of rotatable bonds is 4. The predicted octanol–water partition coefficient (Wildman–Crippen LogP) is 3.24. The summed E-state index contributed by atoms with van der Waals surface area (Å²) in [6.07, 6.45) is 2.05. The van der Waals surface area contributed by atoms with Crippen molar-refractivity contribution in [2.45, 2.75) is 26.3 Å². The fourth-order valence-corrected chi connectivity index (χ4v) is 2.37. The van der Waals surface area contributed by atoms with Gasteiger partial charge in [0.2, 0.25) is 11.9 Å². The van der Waals surface area contributed by atoms with Crippen molar-refractivity contribution in [2.24, 2.45) is 0 Å². The monoisotopic (exact) mass is 329 g/mol. The largest absolute Gasteiger partial charge is 0.294 e. The van der Waals surface area contributed by atoms with Crippen molar-refractivity contribution in [1.82, 2.24) is 19.7 Å². The van der Waals surface area contributed by atoms with E-state index in [1.165, 1.54) is 0 Å². The highest BCUT2D eigenvalue weighted by molar-refractivity contribution is 6.34. The van der Waals surface area contributed by atoms with Crippen molar-refractivity contribution < 1.29 is 4.79 Å². The molecular formula is C16H16ClN5O. The van der Waals surface area contributed by atoms with Gasteiger partial charge in [0.1, 0.15) is 5.15 Å². The number of benzene rings is 1. The second-order valence-corrected chi connectivity index (χ2v) is 5.85. The lowest BCUT2D eigenvalue weighted by Gasteiger charge is -2.04. The number of nitrogens with one attached hydrogen (secondary N) is 1. The summed E-state index contributed by atoms with van der Waals surface area (Å²) in [5.41, 5.74) is 1.38. The lowest BCUT2D eigenvalue weighted by molar-refractivity contribution is -0.115. The van der Waals surface area contributed by atoms with Crippen LogP contribution in [0.1, 0.15) is 25.5 Å². The van der Waals surface area contributed by atoms with Crippen LogP contribution < -0.4 is 5.32 Å². The number of anilines is 1. The standard InChI is InChI=1S/C16H16ClN5O/c1-10(2)22-9-12-14(17)19-16(20-15(12)21-22)18-13(23)8-11-6-4-3-5-7-11/h3-7,9-10H,8H2,1-2H3,(H,18,20,21,23). The second-order valence-electron chi connectivity index (χ2n) is 5.49. The number of aromatic nitrogens is 4. The number of carbonyl (C=O) groups excluding carboxylic acids is 1. The molecule has 0 spiro atoms. The van der Waals surface area contributed by atoms with Gasteiger partial charge in [0.05, 0.1) is 11.8 Å². The summed E-state index contributed by atoms with van der Waals surface area (Å²) < 4.78 is 1.76. The van der Waals surface area contributed by atoms with E-state index in [1.807, 2.05) is 44.2 Å². The summed E-state index contributed by atoms with van der Waals surface area (Å²) in [7, 11) is 0. The molecule has 0 saturated heterocycles. The normalized spacial score (nSPS) is 11.1. The number of fused-ring (bicyclic) bond motifs is 1. The van der Waals surface area contributed by atoms with Gasteiger partial charge in [-0.1, -0.05) is 41.9 Å². The Morgan fingerprint density at radius 3 is 2.70 bits per heavy atom. The van der Waals surface area contributed by atoms with E-state index >= 15 is 0 Å². The number of carbonyl (C=O) groups is 1. The Morgan fingerprint density at radius 1 is 1.26 bits per heavy atom. The minimum Gasteiger partial charge on any atom is -0.294 e. The van der Waals surface area contributed by atoms with Crippen LogP contribution >= 0.6 is 11.6 Å². The molecule has 0 aliphatic rings. The highest BCUT2D eigenvalue weighted by atomic mass is 35.5. The predicted molar refractivity (Wildman–Crippen MR) is 89.5 cm³/mol. The van der Waals surface area contributed by atoms with E-state index in [1.54, 1.807) is 10.9 Å². The van der Waals surface area contributed by atoms with Crippen LogP contribution in [0.2, 0.25) is 5.15 Å². The third-order valence-corrected chi connectivity index (χ3v) is 3.63. The third kappa shape index (κ3) is 3.48. The molecule has 0 fully saturated rings. The van der Waals surface area contributed by atoms with Crippen molar-refractivity contribution in [2.75, 3.05) is 5.32 Å². The number of amides is 1. The molecule has 0 unspecified atom stereocenters. The minimum atomic E-state index is -0.199. The van der Waals surface area contributed by atoms with Crippen LogP contribution in [-0.2, 0) is 11.2 Å². The van der Waals surface area contributed by atoms with Crippen LogP contribution in [0.4, 0.5) is 5.95 Å². The van der Waals surface area contributed by atoms with E-state index in [2.05, 4.69) is 20.4 Å². The topological polar surface area (TPSA) is 72.7 Å². The van der Waals surface area contributed by atoms with Gasteiger partial charge in [-0.25, -0.2) is 0 Å². The van der Waals surface area contributed by atoms with E-state index in [9.17, 15) is 4.79 Å². The Bertz CT molecular complexity index is 844. The molecular weight excluding hydrogens is 314 g/mol. The van der Waals surface area contributed by atoms with Crippen LogP contribution in [0.5, 0.6) is 0 Å². The molecule has 23 heavy (non-hydrogen) atoms. The van der Waals surface area contributed by atoms with Crippen molar-refractivity contribution in [3.8, 4) is 0 Å². The van der Waals surface area contributed by atoms with Gasteiger partial charge in [-0.15, -0.1) is 0 Å². The Hall–Kier alpha value is -2.47. The van der Waals surface area contributed by atoms with E-state index in [-0.39, 0.29) is 29.5 Å². The molecule has 0 aliphatic carbocycles. The van der Waals surface area contributed by atoms with E-state index in [0.717, 1.165) is 5.56 Å². The van der Waals surface area contributed by atoms with Gasteiger partial charge in [0, 0.05) is 12.2 Å². The number of nitrogens with zero attached hydrogens (tertiary/aromatic N) is 4. The lowest BCUT2D eigenvalue weighted by atomic mass is 10.1. The molecule has 3 aromatic rings. The summed E-state index contributed by atoms with van der Waals surface area (Å²) in [6, 6.07) is 9.66. The maximum Gasteiger partial charge on any atom is 0.233 e. The molecule has 2 heterocycles. The highest BCUT2D eigenvalue weighted by Crippen LogP contribution is 2.22. The SMILES string of the molecule is CC(C)n1cc2c(Cl)nc(NC(=O)Cc3ccccc3)nc2n1. The summed E-state index contributed by atoms with van der Waals surface area (Å²) in [4.78, 5) is 20.5. The molecule has 1 aromatic carbocycles. The molecule has 118 valence electrons. The zero-order valence-corrected chi connectivity index (χ0v) is 13.6. The van der Waals surface area contributed by atoms with Crippen LogP contribution in [0, 0.1) is 0 Å². The number of hydrogen-bond donors (Lipinski definition) is 1. The van der Waals surface area contributed by atoms with Gasteiger partial charge in [0.25, 0.3) is 0 Å². The quantitative estimate of drug-likeness (QED) is 0.746. The molecule has 3 rings (SSSR count). The van der Waals surface area contributed by atoms with Crippen LogP contribution in [0.25, 0.3) is 11.0 Å². The van der Waals surface area contributed by atoms with Gasteiger partial charge in [-0.05, 0) is 19.4 Å². The number of halogens is 1. The van der Waals surface area contributed by atoms with E-state index in [4.69, 9.17) is 11.6 Å². The fraction of sp³-hybridized carbons (Fsp3) is 0.250.